The lowest BCUT2D eigenvalue weighted by Gasteiger charge is -2.10. The number of amides is 1. The fraction of sp³-hybridized carbons (Fsp3) is 0.294. The van der Waals surface area contributed by atoms with Crippen molar-refractivity contribution in [1.82, 2.24) is 30.6 Å². The van der Waals surface area contributed by atoms with Crippen molar-refractivity contribution in [2.45, 2.75) is 19.4 Å². The lowest BCUT2D eigenvalue weighted by atomic mass is 10.1. The molecule has 0 bridgehead atoms. The van der Waals surface area contributed by atoms with Crippen LogP contribution in [0.25, 0.3) is 16.6 Å². The number of nitrogens with zero attached hydrogens (tertiary/aromatic N) is 4. The Morgan fingerprint density at radius 1 is 1.27 bits per heavy atom. The smallest absolute Gasteiger partial charge is 0.274 e. The number of benzene rings is 1. The summed E-state index contributed by atoms with van der Waals surface area (Å²) in [5.74, 6) is -0.175. The number of hydrogen-bond acceptors (Lipinski definition) is 5. The third-order valence-electron chi connectivity index (χ3n) is 4.36. The molecule has 138 valence electrons. The third-order valence-corrected chi connectivity index (χ3v) is 4.36. The van der Waals surface area contributed by atoms with Gasteiger partial charge in [-0.1, -0.05) is 11.3 Å². The molecule has 1 aliphatic heterocycles. The molecule has 3 aromatic rings. The van der Waals surface area contributed by atoms with Crippen molar-refractivity contribution in [3.8, 4) is 5.69 Å². The van der Waals surface area contributed by atoms with Crippen molar-refractivity contribution in [2.75, 3.05) is 13.1 Å². The van der Waals surface area contributed by atoms with Crippen LogP contribution in [0.1, 0.15) is 22.6 Å². The van der Waals surface area contributed by atoms with Gasteiger partial charge in [-0.2, -0.15) is 0 Å². The van der Waals surface area contributed by atoms with Crippen LogP contribution in [-0.4, -0.2) is 45.0 Å². The summed E-state index contributed by atoms with van der Waals surface area (Å²) in [6.07, 6.45) is 2.70. The van der Waals surface area contributed by atoms with Gasteiger partial charge in [-0.05, 0) is 44.2 Å². The quantitative estimate of drug-likeness (QED) is 0.709. The van der Waals surface area contributed by atoms with E-state index in [1.54, 1.807) is 10.9 Å². The Kier molecular flexibility index (Phi) is 6.52. The van der Waals surface area contributed by atoms with Crippen molar-refractivity contribution in [2.24, 2.45) is 0 Å². The molecule has 1 unspecified atom stereocenters. The summed E-state index contributed by atoms with van der Waals surface area (Å²) >= 11 is 0. The van der Waals surface area contributed by atoms with Crippen LogP contribution >= 0.6 is 24.8 Å². The van der Waals surface area contributed by atoms with E-state index in [1.165, 1.54) is 0 Å². The zero-order chi connectivity index (χ0) is 16.5. The standard InChI is InChI=1S/C17H18N6O.2ClH/c1-11-16(17(24)20-12-7-9-18-10-12)21-22-23(11)15-6-2-5-14-13(15)4-3-8-19-14;;/h2-6,8,12,18H,7,9-10H2,1H3,(H,20,24);2*1H. The number of hydrogen-bond donors (Lipinski definition) is 2. The van der Waals surface area contributed by atoms with E-state index in [2.05, 4.69) is 25.9 Å². The van der Waals surface area contributed by atoms with Crippen LogP contribution in [0.3, 0.4) is 0 Å². The van der Waals surface area contributed by atoms with Crippen LogP contribution in [0.4, 0.5) is 0 Å². The zero-order valence-electron chi connectivity index (χ0n) is 14.2. The maximum Gasteiger partial charge on any atom is 0.274 e. The molecule has 7 nitrogen and oxygen atoms in total. The highest BCUT2D eigenvalue weighted by Gasteiger charge is 2.22. The van der Waals surface area contributed by atoms with Gasteiger partial charge >= 0.3 is 0 Å². The van der Waals surface area contributed by atoms with Crippen molar-refractivity contribution in [3.63, 3.8) is 0 Å². The van der Waals surface area contributed by atoms with Gasteiger partial charge in [0.1, 0.15) is 0 Å². The molecule has 1 amide bonds. The number of fused-ring (bicyclic) bond motifs is 1. The predicted molar refractivity (Wildman–Crippen MR) is 105 cm³/mol. The Morgan fingerprint density at radius 2 is 2.12 bits per heavy atom. The monoisotopic (exact) mass is 394 g/mol. The lowest BCUT2D eigenvalue weighted by molar-refractivity contribution is 0.0934. The fourth-order valence-electron chi connectivity index (χ4n) is 3.07. The molecule has 1 aliphatic rings. The summed E-state index contributed by atoms with van der Waals surface area (Å²) in [6.45, 7) is 3.59. The molecule has 1 aromatic carbocycles. The fourth-order valence-corrected chi connectivity index (χ4v) is 3.07. The summed E-state index contributed by atoms with van der Waals surface area (Å²) in [5, 5.41) is 15.5. The maximum absolute atomic E-state index is 12.5. The van der Waals surface area contributed by atoms with Gasteiger partial charge in [-0.15, -0.1) is 29.9 Å². The Hall–Kier alpha value is -2.22. The van der Waals surface area contributed by atoms with E-state index >= 15 is 0 Å². The SMILES string of the molecule is Cc1c(C(=O)NC2CCNC2)nnn1-c1cccc2ncccc12.Cl.Cl. The molecule has 3 heterocycles. The molecule has 9 heteroatoms. The van der Waals surface area contributed by atoms with Crippen molar-refractivity contribution >= 4 is 41.6 Å². The van der Waals surface area contributed by atoms with Gasteiger partial charge < -0.3 is 10.6 Å². The van der Waals surface area contributed by atoms with E-state index in [9.17, 15) is 4.79 Å². The van der Waals surface area contributed by atoms with Gasteiger partial charge in [-0.25, -0.2) is 4.68 Å². The van der Waals surface area contributed by atoms with E-state index in [4.69, 9.17) is 0 Å². The molecule has 1 saturated heterocycles. The maximum atomic E-state index is 12.5. The molecule has 0 radical (unpaired) electrons. The number of nitrogens with one attached hydrogen (secondary N) is 2. The number of carbonyl (C=O) groups excluding carboxylic acids is 1. The second kappa shape index (κ2) is 8.44. The minimum atomic E-state index is -0.175. The molecule has 0 saturated carbocycles. The highest BCUT2D eigenvalue weighted by molar-refractivity contribution is 5.94. The van der Waals surface area contributed by atoms with Gasteiger partial charge in [0.15, 0.2) is 5.69 Å². The van der Waals surface area contributed by atoms with Crippen LogP contribution in [0.2, 0.25) is 0 Å². The minimum absolute atomic E-state index is 0. The average Bonchev–Trinajstić information content (AvgIpc) is 3.24. The van der Waals surface area contributed by atoms with Crippen molar-refractivity contribution < 1.29 is 4.79 Å². The summed E-state index contributed by atoms with van der Waals surface area (Å²) in [6, 6.07) is 9.86. The van der Waals surface area contributed by atoms with E-state index in [1.807, 2.05) is 37.3 Å². The Labute approximate surface area is 163 Å². The second-order valence-electron chi connectivity index (χ2n) is 5.95. The first-order chi connectivity index (χ1) is 11.7. The van der Waals surface area contributed by atoms with Gasteiger partial charge in [0, 0.05) is 24.2 Å². The van der Waals surface area contributed by atoms with Crippen LogP contribution < -0.4 is 10.6 Å². The number of carbonyl (C=O) groups is 1. The first-order valence-corrected chi connectivity index (χ1v) is 8.02. The second-order valence-corrected chi connectivity index (χ2v) is 5.95. The highest BCUT2D eigenvalue weighted by atomic mass is 35.5. The van der Waals surface area contributed by atoms with Crippen molar-refractivity contribution in [1.29, 1.82) is 0 Å². The first kappa shape index (κ1) is 20.1. The van der Waals surface area contributed by atoms with Crippen LogP contribution in [0, 0.1) is 6.92 Å². The van der Waals surface area contributed by atoms with Gasteiger partial charge in [0.2, 0.25) is 0 Å². The molecular formula is C17H20Cl2N6O. The van der Waals surface area contributed by atoms with E-state index < -0.39 is 0 Å². The first-order valence-electron chi connectivity index (χ1n) is 8.02. The number of pyridine rings is 1. The number of rotatable bonds is 3. The third kappa shape index (κ3) is 3.65. The molecule has 0 aliphatic carbocycles. The minimum Gasteiger partial charge on any atom is -0.347 e. The lowest BCUT2D eigenvalue weighted by Crippen LogP contribution is -2.36. The topological polar surface area (TPSA) is 84.7 Å². The number of halogens is 2. The van der Waals surface area contributed by atoms with Crippen LogP contribution in [-0.2, 0) is 0 Å². The number of aromatic nitrogens is 4. The summed E-state index contributed by atoms with van der Waals surface area (Å²) in [4.78, 5) is 16.8. The van der Waals surface area contributed by atoms with Crippen LogP contribution in [0.5, 0.6) is 0 Å². The van der Waals surface area contributed by atoms with Gasteiger partial charge in [0.05, 0.1) is 16.9 Å². The summed E-state index contributed by atoms with van der Waals surface area (Å²) in [7, 11) is 0. The molecule has 4 rings (SSSR count). The molecule has 1 atom stereocenters. The van der Waals surface area contributed by atoms with E-state index in [0.717, 1.165) is 41.8 Å². The molecule has 2 aromatic heterocycles. The molecular weight excluding hydrogens is 375 g/mol. The molecule has 0 spiro atoms. The normalized spacial score (nSPS) is 16.0. The van der Waals surface area contributed by atoms with Crippen molar-refractivity contribution in [3.05, 3.63) is 47.9 Å². The average molecular weight is 395 g/mol. The van der Waals surface area contributed by atoms with Crippen LogP contribution in [0.15, 0.2) is 36.5 Å². The van der Waals surface area contributed by atoms with E-state index in [0.29, 0.717) is 5.69 Å². The molecule has 2 N–H and O–H groups in total. The van der Waals surface area contributed by atoms with E-state index in [-0.39, 0.29) is 36.8 Å². The van der Waals surface area contributed by atoms with Gasteiger partial charge in [0.25, 0.3) is 5.91 Å². The summed E-state index contributed by atoms with van der Waals surface area (Å²) < 4.78 is 1.70. The highest BCUT2D eigenvalue weighted by Crippen LogP contribution is 2.21. The van der Waals surface area contributed by atoms with Gasteiger partial charge in [-0.3, -0.25) is 9.78 Å². The Balaban J connectivity index is 0.00000121. The summed E-state index contributed by atoms with van der Waals surface area (Å²) in [5.41, 5.74) is 2.83. The Bertz CT molecular complexity index is 902. The predicted octanol–water partition coefficient (Wildman–Crippen LogP) is 2.06. The Morgan fingerprint density at radius 3 is 2.88 bits per heavy atom. The zero-order valence-corrected chi connectivity index (χ0v) is 15.8. The largest absolute Gasteiger partial charge is 0.347 e. The molecule has 1 fully saturated rings. The molecule has 26 heavy (non-hydrogen) atoms.